The van der Waals surface area contributed by atoms with Crippen molar-refractivity contribution in [2.45, 2.75) is 20.3 Å². The second-order valence-electron chi connectivity index (χ2n) is 3.47. The van der Waals surface area contributed by atoms with E-state index in [1.54, 1.807) is 18.3 Å². The Labute approximate surface area is 105 Å². The molecule has 4 nitrogen and oxygen atoms in total. The third kappa shape index (κ3) is 4.56. The minimum Gasteiger partial charge on any atom is -0.465 e. The zero-order valence-electron chi connectivity index (χ0n) is 10.1. The minimum atomic E-state index is -0.353. The maximum Gasteiger partial charge on any atom is 0.325 e. The van der Waals surface area contributed by atoms with Crippen molar-refractivity contribution in [1.82, 2.24) is 4.90 Å². The highest BCUT2D eigenvalue weighted by Crippen LogP contribution is 2.10. The van der Waals surface area contributed by atoms with Crippen molar-refractivity contribution in [1.29, 1.82) is 0 Å². The molecule has 17 heavy (non-hydrogen) atoms. The van der Waals surface area contributed by atoms with Gasteiger partial charge in [0.05, 0.1) is 13.0 Å². The molecule has 0 aromatic carbocycles. The largest absolute Gasteiger partial charge is 0.465 e. The van der Waals surface area contributed by atoms with E-state index < -0.39 is 0 Å². The summed E-state index contributed by atoms with van der Waals surface area (Å²) in [6.45, 7) is 4.50. The van der Waals surface area contributed by atoms with Crippen LogP contribution < -0.4 is 0 Å². The highest BCUT2D eigenvalue weighted by atomic mass is 32.1. The molecule has 0 saturated heterocycles. The van der Waals surface area contributed by atoms with E-state index >= 15 is 0 Å². The van der Waals surface area contributed by atoms with Gasteiger partial charge in [0, 0.05) is 11.4 Å². The fourth-order valence-electron chi connectivity index (χ4n) is 1.41. The molecular weight excluding hydrogens is 238 g/mol. The van der Waals surface area contributed by atoms with Gasteiger partial charge in [0.2, 0.25) is 5.91 Å². The van der Waals surface area contributed by atoms with Gasteiger partial charge in [-0.05, 0) is 25.3 Å². The quantitative estimate of drug-likeness (QED) is 0.727. The highest BCUT2D eigenvalue weighted by Gasteiger charge is 2.16. The Hall–Kier alpha value is -1.36. The smallest absolute Gasteiger partial charge is 0.325 e. The zero-order chi connectivity index (χ0) is 12.7. The molecule has 0 aliphatic heterocycles. The van der Waals surface area contributed by atoms with E-state index in [4.69, 9.17) is 4.74 Å². The Morgan fingerprint density at radius 2 is 2.18 bits per heavy atom. The maximum absolute atomic E-state index is 11.9. The number of amides is 1. The molecular formula is C12H17NO3S. The van der Waals surface area contributed by atoms with E-state index in [1.807, 2.05) is 24.4 Å². The van der Waals surface area contributed by atoms with Crippen LogP contribution in [0.2, 0.25) is 0 Å². The van der Waals surface area contributed by atoms with Gasteiger partial charge >= 0.3 is 5.97 Å². The molecule has 0 fully saturated rings. The third-order valence-electron chi connectivity index (χ3n) is 2.27. The van der Waals surface area contributed by atoms with Gasteiger partial charge in [-0.15, -0.1) is 11.3 Å². The summed E-state index contributed by atoms with van der Waals surface area (Å²) in [6.07, 6.45) is 0.352. The number of thiophene rings is 1. The number of carbonyl (C=O) groups excluding carboxylic acids is 2. The second-order valence-corrected chi connectivity index (χ2v) is 4.50. The molecule has 0 bridgehead atoms. The first-order chi connectivity index (χ1) is 8.17. The summed E-state index contributed by atoms with van der Waals surface area (Å²) in [4.78, 5) is 25.7. The Kier molecular flexibility index (Phi) is 5.69. The SMILES string of the molecule is CCOC(=O)CN(CC)C(=O)Cc1cccs1. The van der Waals surface area contributed by atoms with Crippen LogP contribution >= 0.6 is 11.3 Å². The zero-order valence-corrected chi connectivity index (χ0v) is 11.0. The lowest BCUT2D eigenvalue weighted by Crippen LogP contribution is -2.37. The summed E-state index contributed by atoms with van der Waals surface area (Å²) in [5.41, 5.74) is 0. The third-order valence-corrected chi connectivity index (χ3v) is 3.14. The molecule has 0 radical (unpaired) electrons. The highest BCUT2D eigenvalue weighted by molar-refractivity contribution is 7.10. The van der Waals surface area contributed by atoms with E-state index in [-0.39, 0.29) is 18.4 Å². The lowest BCUT2D eigenvalue weighted by Gasteiger charge is -2.19. The summed E-state index contributed by atoms with van der Waals surface area (Å²) in [7, 11) is 0. The maximum atomic E-state index is 11.9. The average molecular weight is 255 g/mol. The minimum absolute atomic E-state index is 0.0363. The van der Waals surface area contributed by atoms with Crippen LogP contribution in [0.25, 0.3) is 0 Å². The van der Waals surface area contributed by atoms with Crippen LogP contribution in [-0.4, -0.2) is 36.5 Å². The van der Waals surface area contributed by atoms with Crippen LogP contribution in [0.5, 0.6) is 0 Å². The van der Waals surface area contributed by atoms with Crippen LogP contribution in [0.4, 0.5) is 0 Å². The van der Waals surface area contributed by atoms with Gasteiger partial charge in [0.1, 0.15) is 6.54 Å². The van der Waals surface area contributed by atoms with Crippen molar-refractivity contribution in [3.05, 3.63) is 22.4 Å². The number of hydrogen-bond donors (Lipinski definition) is 0. The standard InChI is InChI=1S/C12H17NO3S/c1-3-13(9-12(15)16-4-2)11(14)8-10-6-5-7-17-10/h5-7H,3-4,8-9H2,1-2H3. The number of carbonyl (C=O) groups is 2. The molecule has 1 rings (SSSR count). The summed E-state index contributed by atoms with van der Waals surface area (Å²) in [5, 5.41) is 1.93. The summed E-state index contributed by atoms with van der Waals surface area (Å²) in [5.74, 6) is -0.392. The molecule has 1 aromatic rings. The van der Waals surface area contributed by atoms with Gasteiger partial charge < -0.3 is 9.64 Å². The van der Waals surface area contributed by atoms with Crippen molar-refractivity contribution in [3.8, 4) is 0 Å². The molecule has 0 N–H and O–H groups in total. The van der Waals surface area contributed by atoms with Crippen molar-refractivity contribution >= 4 is 23.2 Å². The Morgan fingerprint density at radius 1 is 1.41 bits per heavy atom. The Bertz CT molecular complexity index is 362. The van der Waals surface area contributed by atoms with Crippen LogP contribution in [0.3, 0.4) is 0 Å². The molecule has 0 aliphatic carbocycles. The molecule has 1 aromatic heterocycles. The molecule has 0 spiro atoms. The van der Waals surface area contributed by atoms with Crippen molar-refractivity contribution in [2.24, 2.45) is 0 Å². The van der Waals surface area contributed by atoms with Gasteiger partial charge in [-0.25, -0.2) is 0 Å². The van der Waals surface area contributed by atoms with Crippen LogP contribution in [0, 0.1) is 0 Å². The molecule has 1 heterocycles. The predicted molar refractivity (Wildman–Crippen MR) is 66.9 cm³/mol. The first-order valence-corrected chi connectivity index (χ1v) is 6.51. The number of hydrogen-bond acceptors (Lipinski definition) is 4. The summed E-state index contributed by atoms with van der Waals surface area (Å²) >= 11 is 1.54. The van der Waals surface area contributed by atoms with Crippen LogP contribution in [0.1, 0.15) is 18.7 Å². The lowest BCUT2D eigenvalue weighted by molar-refractivity contribution is -0.148. The van der Waals surface area contributed by atoms with E-state index in [0.29, 0.717) is 19.6 Å². The van der Waals surface area contributed by atoms with Crippen molar-refractivity contribution in [3.63, 3.8) is 0 Å². The number of rotatable bonds is 6. The summed E-state index contributed by atoms with van der Waals surface area (Å²) in [6, 6.07) is 3.83. The molecule has 0 aliphatic rings. The number of likely N-dealkylation sites (N-methyl/N-ethyl adjacent to an activating group) is 1. The number of esters is 1. The van der Waals surface area contributed by atoms with E-state index in [2.05, 4.69) is 0 Å². The van der Waals surface area contributed by atoms with Gasteiger partial charge in [-0.3, -0.25) is 9.59 Å². The van der Waals surface area contributed by atoms with E-state index in [9.17, 15) is 9.59 Å². The Balaban J connectivity index is 2.49. The van der Waals surface area contributed by atoms with Gasteiger partial charge in [0.25, 0.3) is 0 Å². The molecule has 5 heteroatoms. The summed E-state index contributed by atoms with van der Waals surface area (Å²) < 4.78 is 4.83. The van der Waals surface area contributed by atoms with E-state index in [0.717, 1.165) is 4.88 Å². The first kappa shape index (κ1) is 13.7. The monoisotopic (exact) mass is 255 g/mol. The molecule has 94 valence electrons. The van der Waals surface area contributed by atoms with Gasteiger partial charge in [-0.1, -0.05) is 6.07 Å². The fourth-order valence-corrected chi connectivity index (χ4v) is 2.11. The van der Waals surface area contributed by atoms with Gasteiger partial charge in [0.15, 0.2) is 0 Å². The molecule has 0 saturated carbocycles. The fraction of sp³-hybridized carbons (Fsp3) is 0.500. The van der Waals surface area contributed by atoms with Crippen molar-refractivity contribution in [2.75, 3.05) is 19.7 Å². The normalized spacial score (nSPS) is 10.0. The second kappa shape index (κ2) is 7.06. The molecule has 0 unspecified atom stereocenters. The number of ether oxygens (including phenoxy) is 1. The van der Waals surface area contributed by atoms with Crippen LogP contribution in [0.15, 0.2) is 17.5 Å². The van der Waals surface area contributed by atoms with E-state index in [1.165, 1.54) is 4.90 Å². The van der Waals surface area contributed by atoms with Gasteiger partial charge in [-0.2, -0.15) is 0 Å². The van der Waals surface area contributed by atoms with Crippen LogP contribution in [-0.2, 0) is 20.7 Å². The van der Waals surface area contributed by atoms with Crippen molar-refractivity contribution < 1.29 is 14.3 Å². The number of nitrogens with zero attached hydrogens (tertiary/aromatic N) is 1. The predicted octanol–water partition coefficient (Wildman–Crippen LogP) is 1.70. The Morgan fingerprint density at radius 3 is 2.71 bits per heavy atom. The molecule has 0 atom stereocenters. The first-order valence-electron chi connectivity index (χ1n) is 5.63. The average Bonchev–Trinajstić information content (AvgIpc) is 2.78. The topological polar surface area (TPSA) is 46.6 Å². The molecule has 1 amide bonds. The lowest BCUT2D eigenvalue weighted by atomic mass is 10.3.